The standard InChI is InChI=1S/C25H41BrN2O7S/c1-18-9-10-20(28(12-11-26)13-14-33-36(8,31)32)16-21(18)19(15-22(29)34-24(2,3)4)17-27-23(30)35-25(5,6)7/h9-10,16,19H,11-15,17H2,1-8H3,(H,27,30). The van der Waals surface area contributed by atoms with E-state index in [1.165, 1.54) is 0 Å². The highest BCUT2D eigenvalue weighted by molar-refractivity contribution is 9.09. The van der Waals surface area contributed by atoms with Crippen molar-refractivity contribution in [2.75, 3.05) is 42.7 Å². The zero-order valence-corrected chi connectivity index (χ0v) is 25.0. The molecule has 1 unspecified atom stereocenters. The highest BCUT2D eigenvalue weighted by Gasteiger charge is 2.25. The number of hydrogen-bond acceptors (Lipinski definition) is 8. The molecule has 0 heterocycles. The smallest absolute Gasteiger partial charge is 0.407 e. The van der Waals surface area contributed by atoms with Gasteiger partial charge in [-0.3, -0.25) is 8.98 Å². The molecule has 36 heavy (non-hydrogen) atoms. The van der Waals surface area contributed by atoms with Crippen LogP contribution in [-0.4, -0.2) is 69.5 Å². The molecule has 1 atom stereocenters. The van der Waals surface area contributed by atoms with Crippen LogP contribution >= 0.6 is 15.9 Å². The number of amides is 1. The van der Waals surface area contributed by atoms with E-state index in [4.69, 9.17) is 13.7 Å². The Morgan fingerprint density at radius 2 is 1.67 bits per heavy atom. The first-order chi connectivity index (χ1) is 16.4. The summed E-state index contributed by atoms with van der Waals surface area (Å²) in [5, 5.41) is 3.44. The van der Waals surface area contributed by atoms with Gasteiger partial charge in [-0.1, -0.05) is 22.0 Å². The van der Waals surface area contributed by atoms with Crippen LogP contribution in [0.5, 0.6) is 0 Å². The summed E-state index contributed by atoms with van der Waals surface area (Å²) in [4.78, 5) is 27.0. The van der Waals surface area contributed by atoms with E-state index in [9.17, 15) is 18.0 Å². The molecule has 11 heteroatoms. The number of aryl methyl sites for hydroxylation is 1. The van der Waals surface area contributed by atoms with Crippen molar-refractivity contribution >= 4 is 43.8 Å². The number of anilines is 1. The zero-order valence-electron chi connectivity index (χ0n) is 22.6. The third-order valence-corrected chi connectivity index (χ3v) is 5.76. The van der Waals surface area contributed by atoms with Crippen LogP contribution in [0.3, 0.4) is 0 Å². The van der Waals surface area contributed by atoms with Gasteiger partial charge in [-0.05, 0) is 71.7 Å². The van der Waals surface area contributed by atoms with Crippen molar-refractivity contribution < 1.29 is 31.7 Å². The van der Waals surface area contributed by atoms with Crippen LogP contribution in [0.15, 0.2) is 18.2 Å². The summed E-state index contributed by atoms with van der Waals surface area (Å²) in [6.07, 6.45) is 0.516. The first-order valence-corrected chi connectivity index (χ1v) is 14.8. The Morgan fingerprint density at radius 1 is 1.06 bits per heavy atom. The van der Waals surface area contributed by atoms with E-state index in [2.05, 4.69) is 21.2 Å². The fourth-order valence-electron chi connectivity index (χ4n) is 3.43. The van der Waals surface area contributed by atoms with E-state index < -0.39 is 27.4 Å². The van der Waals surface area contributed by atoms with Crippen molar-refractivity contribution in [1.29, 1.82) is 0 Å². The third-order valence-electron chi connectivity index (χ3n) is 4.81. The van der Waals surface area contributed by atoms with Crippen LogP contribution in [0.1, 0.15) is 65.0 Å². The predicted molar refractivity (Wildman–Crippen MR) is 145 cm³/mol. The molecule has 0 aliphatic rings. The highest BCUT2D eigenvalue weighted by Crippen LogP contribution is 2.29. The molecule has 0 saturated carbocycles. The Labute approximate surface area is 224 Å². The van der Waals surface area contributed by atoms with Crippen molar-refractivity contribution in [3.8, 4) is 0 Å². The summed E-state index contributed by atoms with van der Waals surface area (Å²) < 4.78 is 38.6. The molecule has 1 aromatic carbocycles. The van der Waals surface area contributed by atoms with Crippen molar-refractivity contribution in [1.82, 2.24) is 5.32 Å². The quantitative estimate of drug-likeness (QED) is 0.214. The number of nitrogens with zero attached hydrogens (tertiary/aromatic N) is 1. The van der Waals surface area contributed by atoms with Crippen LogP contribution in [0.25, 0.3) is 0 Å². The Balaban J connectivity index is 3.23. The summed E-state index contributed by atoms with van der Waals surface area (Å²) in [6, 6.07) is 5.84. The summed E-state index contributed by atoms with van der Waals surface area (Å²) >= 11 is 3.44. The summed E-state index contributed by atoms with van der Waals surface area (Å²) in [5.74, 6) is -0.743. The average Bonchev–Trinajstić information content (AvgIpc) is 2.67. The lowest BCUT2D eigenvalue weighted by atomic mass is 9.91. The minimum Gasteiger partial charge on any atom is -0.460 e. The van der Waals surface area contributed by atoms with Crippen molar-refractivity contribution in [2.24, 2.45) is 0 Å². The molecule has 0 radical (unpaired) electrons. The largest absolute Gasteiger partial charge is 0.460 e. The van der Waals surface area contributed by atoms with E-state index in [0.29, 0.717) is 18.4 Å². The monoisotopic (exact) mass is 592 g/mol. The molecule has 1 amide bonds. The Hall–Kier alpha value is -1.85. The number of esters is 1. The highest BCUT2D eigenvalue weighted by atomic mass is 79.9. The molecular weight excluding hydrogens is 552 g/mol. The maximum Gasteiger partial charge on any atom is 0.407 e. The van der Waals surface area contributed by atoms with Gasteiger partial charge in [0, 0.05) is 36.6 Å². The van der Waals surface area contributed by atoms with Gasteiger partial charge < -0.3 is 19.7 Å². The van der Waals surface area contributed by atoms with E-state index in [1.807, 2.05) is 30.0 Å². The maximum atomic E-state index is 12.7. The molecule has 0 spiro atoms. The number of carbonyl (C=O) groups is 2. The van der Waals surface area contributed by atoms with Gasteiger partial charge in [0.15, 0.2) is 0 Å². The van der Waals surface area contributed by atoms with Gasteiger partial charge in [-0.15, -0.1) is 0 Å². The van der Waals surface area contributed by atoms with Gasteiger partial charge in [-0.25, -0.2) is 4.79 Å². The molecule has 206 valence electrons. The number of benzene rings is 1. The van der Waals surface area contributed by atoms with Crippen molar-refractivity contribution in [3.05, 3.63) is 29.3 Å². The molecule has 0 bridgehead atoms. The minimum absolute atomic E-state index is 0.0105. The van der Waals surface area contributed by atoms with Crippen LogP contribution in [0, 0.1) is 6.92 Å². The van der Waals surface area contributed by atoms with Gasteiger partial charge in [0.25, 0.3) is 10.1 Å². The maximum absolute atomic E-state index is 12.7. The lowest BCUT2D eigenvalue weighted by Crippen LogP contribution is -2.36. The van der Waals surface area contributed by atoms with Gasteiger partial charge in [0.2, 0.25) is 0 Å². The van der Waals surface area contributed by atoms with Gasteiger partial charge in [-0.2, -0.15) is 8.42 Å². The van der Waals surface area contributed by atoms with Gasteiger partial charge in [0.05, 0.1) is 19.3 Å². The average molecular weight is 594 g/mol. The Morgan fingerprint density at radius 3 is 2.19 bits per heavy atom. The molecule has 0 aromatic heterocycles. The SMILES string of the molecule is Cc1ccc(N(CCBr)CCOS(C)(=O)=O)cc1C(CNC(=O)OC(C)(C)C)CC(=O)OC(C)(C)C. The first kappa shape index (κ1) is 32.2. The number of carbonyl (C=O) groups excluding carboxylic acids is 2. The molecule has 0 aliphatic carbocycles. The molecule has 0 saturated heterocycles. The minimum atomic E-state index is -3.54. The van der Waals surface area contributed by atoms with E-state index in [0.717, 1.165) is 23.1 Å². The fourth-order valence-corrected chi connectivity index (χ4v) is 4.24. The molecule has 9 nitrogen and oxygen atoms in total. The molecule has 0 aliphatic heterocycles. The molecule has 1 N–H and O–H groups in total. The lowest BCUT2D eigenvalue weighted by molar-refractivity contribution is -0.155. The van der Waals surface area contributed by atoms with E-state index in [-0.39, 0.29) is 31.5 Å². The summed E-state index contributed by atoms with van der Waals surface area (Å²) in [6.45, 7) is 13.9. The second kappa shape index (κ2) is 13.6. The van der Waals surface area contributed by atoms with Crippen molar-refractivity contribution in [2.45, 2.75) is 72.0 Å². The summed E-state index contributed by atoms with van der Waals surface area (Å²) in [7, 11) is -3.54. The predicted octanol–water partition coefficient (Wildman–Crippen LogP) is 4.51. The molecule has 1 aromatic rings. The zero-order chi connectivity index (χ0) is 27.7. The number of hydrogen-bond donors (Lipinski definition) is 1. The lowest BCUT2D eigenvalue weighted by Gasteiger charge is -2.28. The second-order valence-electron chi connectivity index (χ2n) is 10.6. The number of alkyl carbamates (subject to hydrolysis) is 1. The normalized spacial score (nSPS) is 13.1. The molecular formula is C25H41BrN2O7S. The first-order valence-electron chi connectivity index (χ1n) is 11.8. The third kappa shape index (κ3) is 13.5. The van der Waals surface area contributed by atoms with Gasteiger partial charge in [0.1, 0.15) is 11.2 Å². The fraction of sp³-hybridized carbons (Fsp3) is 0.680. The van der Waals surface area contributed by atoms with Crippen LogP contribution in [0.4, 0.5) is 10.5 Å². The van der Waals surface area contributed by atoms with Gasteiger partial charge >= 0.3 is 12.1 Å². The Bertz CT molecular complexity index is 985. The molecule has 1 rings (SSSR count). The Kier molecular flexibility index (Phi) is 12.2. The van der Waals surface area contributed by atoms with Crippen LogP contribution in [-0.2, 0) is 28.6 Å². The number of alkyl halides is 1. The second-order valence-corrected chi connectivity index (χ2v) is 13.1. The summed E-state index contributed by atoms with van der Waals surface area (Å²) in [5.41, 5.74) is 1.38. The van der Waals surface area contributed by atoms with Crippen LogP contribution in [0.2, 0.25) is 0 Å². The van der Waals surface area contributed by atoms with Crippen LogP contribution < -0.4 is 10.2 Å². The number of nitrogens with one attached hydrogen (secondary N) is 1. The topological polar surface area (TPSA) is 111 Å². The number of rotatable bonds is 12. The number of ether oxygens (including phenoxy) is 2. The van der Waals surface area contributed by atoms with Crippen molar-refractivity contribution in [3.63, 3.8) is 0 Å². The molecule has 0 fully saturated rings. The van der Waals surface area contributed by atoms with E-state index >= 15 is 0 Å². The number of halogens is 1. The van der Waals surface area contributed by atoms with E-state index in [1.54, 1.807) is 41.5 Å².